The van der Waals surface area contributed by atoms with Crippen LogP contribution in [0.1, 0.15) is 36.2 Å². The van der Waals surface area contributed by atoms with E-state index in [1.807, 2.05) is 32.1 Å². The van der Waals surface area contributed by atoms with Gasteiger partial charge < -0.3 is 14.2 Å². The number of carbonyl (C=O) groups excluding carboxylic acids is 2. The zero-order valence-electron chi connectivity index (χ0n) is 18.9. The topological polar surface area (TPSA) is 77.4 Å². The molecule has 0 aromatic heterocycles. The lowest BCUT2D eigenvalue weighted by Crippen LogP contribution is -2.28. The van der Waals surface area contributed by atoms with Gasteiger partial charge in [0.15, 0.2) is 16.7 Å². The predicted molar refractivity (Wildman–Crippen MR) is 139 cm³/mol. The van der Waals surface area contributed by atoms with Gasteiger partial charge in [-0.2, -0.15) is 0 Å². The summed E-state index contributed by atoms with van der Waals surface area (Å²) in [6.45, 7) is 5.02. The minimum Gasteiger partial charge on any atom is -0.493 e. The number of hydrogen-bond donors (Lipinski definition) is 0. The quantitative estimate of drug-likeness (QED) is 0.233. The summed E-state index contributed by atoms with van der Waals surface area (Å²) in [6.07, 6.45) is 2.73. The highest BCUT2D eigenvalue weighted by atomic mass is 127. The first-order valence-electron chi connectivity index (χ1n) is 10.4. The van der Waals surface area contributed by atoms with Crippen molar-refractivity contribution >= 4 is 63.2 Å². The molecular weight excluding hydrogens is 555 g/mol. The molecule has 1 aliphatic heterocycles. The molecule has 3 rings (SSSR count). The van der Waals surface area contributed by atoms with Crippen LogP contribution in [0.2, 0.25) is 0 Å². The monoisotopic (exact) mass is 580 g/mol. The number of esters is 1. The van der Waals surface area contributed by atoms with Crippen molar-refractivity contribution in [3.05, 3.63) is 56.0 Å². The molecule has 1 aliphatic rings. The number of benzene rings is 2. The van der Waals surface area contributed by atoms with Gasteiger partial charge in [0.05, 0.1) is 40.6 Å². The fraction of sp³-hybridized carbons (Fsp3) is 0.292. The maximum Gasteiger partial charge on any atom is 0.337 e. The van der Waals surface area contributed by atoms with Gasteiger partial charge >= 0.3 is 5.97 Å². The van der Waals surface area contributed by atoms with Crippen LogP contribution in [-0.2, 0) is 9.53 Å². The highest BCUT2D eigenvalue weighted by Crippen LogP contribution is 2.38. The van der Waals surface area contributed by atoms with E-state index in [0.717, 1.165) is 15.6 Å². The summed E-state index contributed by atoms with van der Waals surface area (Å²) in [5, 5.41) is 0.556. The Labute approximate surface area is 211 Å². The highest BCUT2D eigenvalue weighted by molar-refractivity contribution is 14.1. The molecule has 1 heterocycles. The average Bonchev–Trinajstić information content (AvgIpc) is 3.11. The molecule has 9 heteroatoms. The smallest absolute Gasteiger partial charge is 0.337 e. The lowest BCUT2D eigenvalue weighted by molar-refractivity contribution is -0.122. The Bertz CT molecular complexity index is 1120. The number of halogens is 1. The third-order valence-corrected chi connectivity index (χ3v) is 6.50. The third kappa shape index (κ3) is 5.89. The zero-order valence-corrected chi connectivity index (χ0v) is 21.9. The summed E-state index contributed by atoms with van der Waals surface area (Å²) < 4.78 is 17.0. The van der Waals surface area contributed by atoms with Crippen LogP contribution in [0.5, 0.6) is 11.5 Å². The largest absolute Gasteiger partial charge is 0.493 e. The van der Waals surface area contributed by atoms with E-state index in [2.05, 4.69) is 27.6 Å². The molecule has 0 unspecified atom stereocenters. The van der Waals surface area contributed by atoms with Gasteiger partial charge in [-0.3, -0.25) is 9.69 Å². The summed E-state index contributed by atoms with van der Waals surface area (Å²) in [5.41, 5.74) is 1.81. The molecule has 0 saturated carbocycles. The van der Waals surface area contributed by atoms with Crippen molar-refractivity contribution < 1.29 is 23.8 Å². The second kappa shape index (κ2) is 11.6. The van der Waals surface area contributed by atoms with Crippen molar-refractivity contribution in [3.63, 3.8) is 0 Å². The van der Waals surface area contributed by atoms with Gasteiger partial charge in [0.1, 0.15) is 0 Å². The molecule has 0 N–H and O–H groups in total. The summed E-state index contributed by atoms with van der Waals surface area (Å²) >= 11 is 3.51. The van der Waals surface area contributed by atoms with E-state index in [4.69, 9.17) is 14.2 Å². The number of thioether (sulfide) groups is 1. The molecule has 0 bridgehead atoms. The van der Waals surface area contributed by atoms with E-state index < -0.39 is 5.97 Å². The van der Waals surface area contributed by atoms with Crippen LogP contribution in [0.15, 0.2) is 46.3 Å². The van der Waals surface area contributed by atoms with Crippen LogP contribution < -0.4 is 9.47 Å². The summed E-state index contributed by atoms with van der Waals surface area (Å²) in [4.78, 5) is 31.6. The standard InChI is InChI=1S/C24H25IN2O5S/c1-5-10-32-21-18(25)11-15(12-19(21)30-3)13-20-22(28)27(6-2)24(33-20)26-17-9-7-8-16(14-17)23(29)31-4/h7-9,11-14H,5-6,10H2,1-4H3. The first-order chi connectivity index (χ1) is 15.9. The molecule has 0 radical (unpaired) electrons. The van der Waals surface area contributed by atoms with Crippen molar-refractivity contribution in [2.24, 2.45) is 4.99 Å². The number of ether oxygens (including phenoxy) is 3. The van der Waals surface area contributed by atoms with Crippen molar-refractivity contribution in [1.29, 1.82) is 0 Å². The second-order valence-electron chi connectivity index (χ2n) is 6.98. The molecule has 1 saturated heterocycles. The minimum atomic E-state index is -0.435. The molecule has 1 amide bonds. The van der Waals surface area contributed by atoms with Crippen molar-refractivity contribution in [2.45, 2.75) is 20.3 Å². The number of hydrogen-bond acceptors (Lipinski definition) is 7. The normalized spacial score (nSPS) is 15.9. The fourth-order valence-corrected chi connectivity index (χ4v) is 4.96. The van der Waals surface area contributed by atoms with Crippen LogP contribution in [0, 0.1) is 3.57 Å². The Morgan fingerprint density at radius 1 is 1.21 bits per heavy atom. The fourth-order valence-electron chi connectivity index (χ4n) is 3.12. The van der Waals surface area contributed by atoms with Crippen LogP contribution in [0.4, 0.5) is 5.69 Å². The van der Waals surface area contributed by atoms with Gasteiger partial charge in [-0.15, -0.1) is 0 Å². The molecule has 1 fully saturated rings. The van der Waals surface area contributed by atoms with Crippen molar-refractivity contribution in [2.75, 3.05) is 27.4 Å². The van der Waals surface area contributed by atoms with Crippen molar-refractivity contribution in [1.82, 2.24) is 4.90 Å². The van der Waals surface area contributed by atoms with Gasteiger partial charge in [0, 0.05) is 6.54 Å². The Hall–Kier alpha value is -2.53. The van der Waals surface area contributed by atoms with E-state index in [9.17, 15) is 9.59 Å². The Morgan fingerprint density at radius 2 is 2.00 bits per heavy atom. The highest BCUT2D eigenvalue weighted by Gasteiger charge is 2.32. The summed E-state index contributed by atoms with van der Waals surface area (Å²) in [5.74, 6) is 0.773. The van der Waals surface area contributed by atoms with Crippen LogP contribution in [0.3, 0.4) is 0 Å². The van der Waals surface area contributed by atoms with E-state index in [1.54, 1.807) is 36.3 Å². The van der Waals surface area contributed by atoms with Gasteiger partial charge in [-0.05, 0) is 89.7 Å². The van der Waals surface area contributed by atoms with Crippen molar-refractivity contribution in [3.8, 4) is 11.5 Å². The zero-order chi connectivity index (χ0) is 24.0. The molecule has 0 spiro atoms. The third-order valence-electron chi connectivity index (χ3n) is 4.70. The van der Waals surface area contributed by atoms with E-state index in [1.165, 1.54) is 18.9 Å². The number of amides is 1. The SMILES string of the molecule is CCCOc1c(I)cc(C=C2SC(=Nc3cccc(C(=O)OC)c3)N(CC)C2=O)cc1OC. The molecule has 0 aliphatic carbocycles. The molecular formula is C24H25IN2O5S. The first-order valence-corrected chi connectivity index (χ1v) is 12.3. The van der Waals surface area contributed by atoms with Crippen LogP contribution >= 0.6 is 34.4 Å². The number of amidine groups is 1. The molecule has 7 nitrogen and oxygen atoms in total. The molecule has 0 atom stereocenters. The van der Waals surface area contributed by atoms with Gasteiger partial charge in [-0.1, -0.05) is 13.0 Å². The van der Waals surface area contributed by atoms with Gasteiger partial charge in [0.2, 0.25) is 0 Å². The average molecular weight is 580 g/mol. The number of methoxy groups -OCH3 is 2. The first kappa shape index (κ1) is 25.1. The number of nitrogens with zero attached hydrogens (tertiary/aromatic N) is 2. The minimum absolute atomic E-state index is 0.120. The van der Waals surface area contributed by atoms with E-state index in [-0.39, 0.29) is 5.91 Å². The number of rotatable bonds is 8. The Balaban J connectivity index is 1.93. The van der Waals surface area contributed by atoms with Gasteiger partial charge in [-0.25, -0.2) is 9.79 Å². The predicted octanol–water partition coefficient (Wildman–Crippen LogP) is 5.50. The molecule has 33 heavy (non-hydrogen) atoms. The Morgan fingerprint density at radius 3 is 2.67 bits per heavy atom. The Kier molecular flexibility index (Phi) is 8.79. The number of carbonyl (C=O) groups is 2. The number of aliphatic imine (C=N–C) groups is 1. The molecule has 174 valence electrons. The lowest BCUT2D eigenvalue weighted by atomic mass is 10.2. The summed E-state index contributed by atoms with van der Waals surface area (Å²) in [7, 11) is 2.93. The second-order valence-corrected chi connectivity index (χ2v) is 9.15. The van der Waals surface area contributed by atoms with E-state index >= 15 is 0 Å². The maximum atomic E-state index is 13.0. The lowest BCUT2D eigenvalue weighted by Gasteiger charge is -2.13. The number of likely N-dealkylation sites (N-methyl/N-ethyl adjacent to an activating group) is 1. The summed E-state index contributed by atoms with van der Waals surface area (Å²) in [6, 6.07) is 10.6. The maximum absolute atomic E-state index is 13.0. The van der Waals surface area contributed by atoms with Gasteiger partial charge in [0.25, 0.3) is 5.91 Å². The molecule has 2 aromatic rings. The molecule has 2 aromatic carbocycles. The van der Waals surface area contributed by atoms with E-state index in [0.29, 0.717) is 46.0 Å². The van der Waals surface area contributed by atoms with Crippen LogP contribution in [0.25, 0.3) is 6.08 Å². The van der Waals surface area contributed by atoms with Crippen LogP contribution in [-0.4, -0.2) is 49.3 Å².